The summed E-state index contributed by atoms with van der Waals surface area (Å²) in [6.45, 7) is 0.981. The minimum Gasteiger partial charge on any atom is -0.489 e. The minimum atomic E-state index is -3.51. The van der Waals surface area contributed by atoms with Crippen LogP contribution in [0.15, 0.2) is 77.7 Å². The van der Waals surface area contributed by atoms with Crippen molar-refractivity contribution in [3.05, 3.63) is 89.5 Å². The second kappa shape index (κ2) is 8.30. The van der Waals surface area contributed by atoms with Crippen LogP contribution in [0.1, 0.15) is 21.5 Å². The van der Waals surface area contributed by atoms with Crippen LogP contribution in [0.2, 0.25) is 0 Å². The average Bonchev–Trinajstić information content (AvgIpc) is 3.21. The van der Waals surface area contributed by atoms with Crippen molar-refractivity contribution in [2.75, 3.05) is 18.5 Å². The van der Waals surface area contributed by atoms with Gasteiger partial charge in [0, 0.05) is 17.8 Å². The van der Waals surface area contributed by atoms with Gasteiger partial charge in [-0.3, -0.25) is 4.79 Å². The van der Waals surface area contributed by atoms with Gasteiger partial charge in [0.1, 0.15) is 12.4 Å². The number of sulfonamides is 1. The molecule has 1 aliphatic heterocycles. The van der Waals surface area contributed by atoms with Crippen molar-refractivity contribution in [3.8, 4) is 5.75 Å². The Bertz CT molecular complexity index is 1160. The molecule has 3 aromatic carbocycles. The summed E-state index contributed by atoms with van der Waals surface area (Å²) in [5.41, 5.74) is 3.23. The molecule has 1 amide bonds. The number of nitrogens with zero attached hydrogens (tertiary/aromatic N) is 1. The number of carbonyl (C=O) groups is 1. The first-order valence-corrected chi connectivity index (χ1v) is 11.1. The van der Waals surface area contributed by atoms with Crippen LogP contribution in [-0.2, 0) is 23.1 Å². The van der Waals surface area contributed by atoms with Gasteiger partial charge in [-0.05, 0) is 67.1 Å². The molecule has 0 fully saturated rings. The van der Waals surface area contributed by atoms with Gasteiger partial charge in [0.2, 0.25) is 10.0 Å². The Labute approximate surface area is 176 Å². The highest BCUT2D eigenvalue weighted by Crippen LogP contribution is 2.31. The first-order valence-electron chi connectivity index (χ1n) is 9.63. The molecule has 6 nitrogen and oxygen atoms in total. The molecule has 0 aromatic heterocycles. The second-order valence-electron chi connectivity index (χ2n) is 7.00. The molecule has 0 saturated heterocycles. The third-order valence-corrected chi connectivity index (χ3v) is 6.53. The number of carbonyl (C=O) groups excluding carboxylic acids is 1. The molecule has 0 radical (unpaired) electrons. The van der Waals surface area contributed by atoms with Gasteiger partial charge in [-0.1, -0.05) is 30.3 Å². The van der Waals surface area contributed by atoms with E-state index in [1.54, 1.807) is 41.3 Å². The predicted molar refractivity (Wildman–Crippen MR) is 115 cm³/mol. The number of fused-ring (bicyclic) bond motifs is 1. The van der Waals surface area contributed by atoms with Gasteiger partial charge in [0.25, 0.3) is 5.91 Å². The Morgan fingerprint density at radius 3 is 2.47 bits per heavy atom. The van der Waals surface area contributed by atoms with Crippen LogP contribution in [-0.4, -0.2) is 27.9 Å². The molecular formula is C23H22N2O4S. The topological polar surface area (TPSA) is 75.7 Å². The maximum Gasteiger partial charge on any atom is 0.258 e. The van der Waals surface area contributed by atoms with E-state index >= 15 is 0 Å². The highest BCUT2D eigenvalue weighted by atomic mass is 32.2. The summed E-state index contributed by atoms with van der Waals surface area (Å²) in [6, 6.07) is 21.8. The highest BCUT2D eigenvalue weighted by molar-refractivity contribution is 7.89. The smallest absolute Gasteiger partial charge is 0.258 e. The molecule has 0 spiro atoms. The second-order valence-corrected chi connectivity index (χ2v) is 8.89. The van der Waals surface area contributed by atoms with Gasteiger partial charge in [-0.25, -0.2) is 13.1 Å². The van der Waals surface area contributed by atoms with Crippen LogP contribution in [0.5, 0.6) is 5.75 Å². The summed E-state index contributed by atoms with van der Waals surface area (Å²) in [7, 11) is -2.13. The van der Waals surface area contributed by atoms with Gasteiger partial charge < -0.3 is 9.64 Å². The van der Waals surface area contributed by atoms with Crippen LogP contribution in [0, 0.1) is 0 Å². The van der Waals surface area contributed by atoms with Crippen molar-refractivity contribution >= 4 is 21.6 Å². The lowest BCUT2D eigenvalue weighted by Gasteiger charge is -2.18. The molecule has 1 heterocycles. The summed E-state index contributed by atoms with van der Waals surface area (Å²) in [5.74, 6) is 0.576. The van der Waals surface area contributed by atoms with Crippen molar-refractivity contribution in [1.29, 1.82) is 0 Å². The van der Waals surface area contributed by atoms with E-state index < -0.39 is 10.0 Å². The Morgan fingerprint density at radius 1 is 1.03 bits per heavy atom. The zero-order valence-corrected chi connectivity index (χ0v) is 17.4. The fourth-order valence-corrected chi connectivity index (χ4v) is 4.24. The number of ether oxygens (including phenoxy) is 1. The van der Waals surface area contributed by atoms with E-state index in [9.17, 15) is 13.2 Å². The minimum absolute atomic E-state index is 0.118. The van der Waals surface area contributed by atoms with E-state index in [-0.39, 0.29) is 10.8 Å². The summed E-state index contributed by atoms with van der Waals surface area (Å²) in [4.78, 5) is 14.9. The normalized spacial score (nSPS) is 13.2. The Morgan fingerprint density at radius 2 is 1.77 bits per heavy atom. The van der Waals surface area contributed by atoms with E-state index in [2.05, 4.69) is 4.72 Å². The number of nitrogens with one attached hydrogen (secondary N) is 1. The number of rotatable bonds is 6. The molecule has 0 aliphatic carbocycles. The van der Waals surface area contributed by atoms with Crippen LogP contribution in [0.4, 0.5) is 5.69 Å². The van der Waals surface area contributed by atoms with Crippen LogP contribution in [0.3, 0.4) is 0 Å². The van der Waals surface area contributed by atoms with E-state index in [0.29, 0.717) is 30.9 Å². The number of anilines is 1. The van der Waals surface area contributed by atoms with Crippen LogP contribution in [0.25, 0.3) is 0 Å². The van der Waals surface area contributed by atoms with Gasteiger partial charge in [0.05, 0.1) is 4.90 Å². The van der Waals surface area contributed by atoms with Gasteiger partial charge in [0.15, 0.2) is 0 Å². The number of amides is 1. The highest BCUT2D eigenvalue weighted by Gasteiger charge is 2.27. The third-order valence-electron chi connectivity index (χ3n) is 5.12. The quantitative estimate of drug-likeness (QED) is 0.661. The number of hydrogen-bond donors (Lipinski definition) is 1. The maximum absolute atomic E-state index is 13.0. The maximum atomic E-state index is 13.0. The molecule has 0 saturated carbocycles. The van der Waals surface area contributed by atoms with Crippen molar-refractivity contribution in [2.45, 2.75) is 17.9 Å². The summed E-state index contributed by atoms with van der Waals surface area (Å²) in [5, 5.41) is 0. The van der Waals surface area contributed by atoms with E-state index in [0.717, 1.165) is 16.8 Å². The molecule has 30 heavy (non-hydrogen) atoms. The number of benzene rings is 3. The Hall–Kier alpha value is -3.16. The zero-order chi connectivity index (χ0) is 21.1. The van der Waals surface area contributed by atoms with E-state index in [1.807, 2.05) is 30.3 Å². The van der Waals surface area contributed by atoms with E-state index in [4.69, 9.17) is 4.74 Å². The monoisotopic (exact) mass is 422 g/mol. The molecule has 0 unspecified atom stereocenters. The summed E-state index contributed by atoms with van der Waals surface area (Å²) >= 11 is 0. The first kappa shape index (κ1) is 20.1. The fourth-order valence-electron chi connectivity index (χ4n) is 3.46. The SMILES string of the molecule is CNS(=O)(=O)c1ccc2c(c1)CCN2C(=O)c1ccc(OCc2ccccc2)cc1. The molecule has 1 aliphatic rings. The predicted octanol–water partition coefficient (Wildman–Crippen LogP) is 3.38. The molecule has 0 bridgehead atoms. The van der Waals surface area contributed by atoms with Crippen molar-refractivity contribution in [2.24, 2.45) is 0 Å². The third kappa shape index (κ3) is 4.08. The molecule has 154 valence electrons. The molecule has 1 N–H and O–H groups in total. The molecule has 3 aromatic rings. The van der Waals surface area contributed by atoms with Crippen molar-refractivity contribution < 1.29 is 17.9 Å². The van der Waals surface area contributed by atoms with Crippen molar-refractivity contribution in [1.82, 2.24) is 4.72 Å². The standard InChI is InChI=1S/C23H22N2O4S/c1-24-30(27,28)21-11-12-22-19(15-21)13-14-25(22)23(26)18-7-9-20(10-8-18)29-16-17-5-3-2-4-6-17/h2-12,15,24H,13-14,16H2,1H3. The fraction of sp³-hybridized carbons (Fsp3) is 0.174. The molecule has 0 atom stereocenters. The Balaban J connectivity index is 1.47. The van der Waals surface area contributed by atoms with Crippen LogP contribution < -0.4 is 14.4 Å². The Kier molecular flexibility index (Phi) is 5.57. The average molecular weight is 423 g/mol. The number of hydrogen-bond acceptors (Lipinski definition) is 4. The van der Waals surface area contributed by atoms with Gasteiger partial charge in [-0.2, -0.15) is 0 Å². The van der Waals surface area contributed by atoms with Gasteiger partial charge >= 0.3 is 0 Å². The lowest BCUT2D eigenvalue weighted by Crippen LogP contribution is -2.28. The summed E-state index contributed by atoms with van der Waals surface area (Å²) < 4.78 is 32.1. The molecule has 4 rings (SSSR count). The molecule has 7 heteroatoms. The van der Waals surface area contributed by atoms with E-state index in [1.165, 1.54) is 13.1 Å². The molecular weight excluding hydrogens is 400 g/mol. The largest absolute Gasteiger partial charge is 0.489 e. The lowest BCUT2D eigenvalue weighted by atomic mass is 10.1. The van der Waals surface area contributed by atoms with Gasteiger partial charge in [-0.15, -0.1) is 0 Å². The van der Waals surface area contributed by atoms with Crippen LogP contribution >= 0.6 is 0 Å². The zero-order valence-electron chi connectivity index (χ0n) is 16.5. The lowest BCUT2D eigenvalue weighted by molar-refractivity contribution is 0.0989. The van der Waals surface area contributed by atoms with Crippen molar-refractivity contribution in [3.63, 3.8) is 0 Å². The summed E-state index contributed by atoms with van der Waals surface area (Å²) in [6.07, 6.45) is 0.617. The first-order chi connectivity index (χ1) is 14.5.